The zero-order valence-electron chi connectivity index (χ0n) is 19.2. The minimum Gasteiger partial charge on any atom is -0.493 e. The quantitative estimate of drug-likeness (QED) is 0.359. The molecule has 0 unspecified atom stereocenters. The molecule has 0 atom stereocenters. The molecule has 178 valence electrons. The molecule has 1 saturated heterocycles. The van der Waals surface area contributed by atoms with Crippen LogP contribution in [-0.4, -0.2) is 24.5 Å². The summed E-state index contributed by atoms with van der Waals surface area (Å²) in [6.07, 6.45) is 1.37. The molecule has 0 aromatic heterocycles. The van der Waals surface area contributed by atoms with Crippen LogP contribution in [0.2, 0.25) is 5.02 Å². The zero-order valence-corrected chi connectivity index (χ0v) is 20.0. The Kier molecular flexibility index (Phi) is 7.17. The Labute approximate surface area is 207 Å². The van der Waals surface area contributed by atoms with E-state index in [2.05, 4.69) is 5.32 Å². The first-order chi connectivity index (χ1) is 16.9. The zero-order chi connectivity index (χ0) is 24.9. The fourth-order valence-electron chi connectivity index (χ4n) is 3.51. The number of barbiturate groups is 1. The van der Waals surface area contributed by atoms with Crippen LogP contribution < -0.4 is 19.7 Å². The van der Waals surface area contributed by atoms with Crippen LogP contribution >= 0.6 is 11.6 Å². The highest BCUT2D eigenvalue weighted by atomic mass is 35.5. The topological polar surface area (TPSA) is 84.9 Å². The maximum atomic E-state index is 13.2. The van der Waals surface area contributed by atoms with Crippen molar-refractivity contribution in [1.29, 1.82) is 0 Å². The Hall–Kier alpha value is -4.10. The van der Waals surface area contributed by atoms with Crippen molar-refractivity contribution in [3.63, 3.8) is 0 Å². The molecule has 4 rings (SSSR count). The summed E-state index contributed by atoms with van der Waals surface area (Å²) in [6, 6.07) is 18.5. The monoisotopic (exact) mass is 490 g/mol. The molecule has 1 N–H and O–H groups in total. The number of hydrogen-bond acceptors (Lipinski definition) is 5. The van der Waals surface area contributed by atoms with Crippen LogP contribution in [0.5, 0.6) is 11.5 Å². The predicted molar refractivity (Wildman–Crippen MR) is 134 cm³/mol. The van der Waals surface area contributed by atoms with Gasteiger partial charge in [-0.15, -0.1) is 0 Å². The number of ether oxygens (including phenoxy) is 2. The lowest BCUT2D eigenvalue weighted by atomic mass is 10.1. The van der Waals surface area contributed by atoms with Gasteiger partial charge in [0, 0.05) is 10.6 Å². The molecule has 0 bridgehead atoms. The van der Waals surface area contributed by atoms with E-state index in [-0.39, 0.29) is 5.57 Å². The van der Waals surface area contributed by atoms with Crippen molar-refractivity contribution in [2.45, 2.75) is 20.5 Å². The van der Waals surface area contributed by atoms with Crippen molar-refractivity contribution in [3.05, 3.63) is 94.0 Å². The molecule has 35 heavy (non-hydrogen) atoms. The molecule has 1 heterocycles. The van der Waals surface area contributed by atoms with Gasteiger partial charge in [0.2, 0.25) is 0 Å². The largest absolute Gasteiger partial charge is 0.493 e. The molecule has 8 heteroatoms. The van der Waals surface area contributed by atoms with Crippen molar-refractivity contribution >= 4 is 41.2 Å². The maximum absolute atomic E-state index is 13.2. The van der Waals surface area contributed by atoms with Crippen LogP contribution in [-0.2, 0) is 16.2 Å². The number of aryl methyl sites for hydroxylation is 1. The van der Waals surface area contributed by atoms with Crippen molar-refractivity contribution in [2.75, 3.05) is 11.5 Å². The molecule has 1 aliphatic rings. The van der Waals surface area contributed by atoms with E-state index in [1.807, 2.05) is 38.1 Å². The van der Waals surface area contributed by atoms with E-state index >= 15 is 0 Å². The highest BCUT2D eigenvalue weighted by molar-refractivity contribution is 6.39. The number of rotatable bonds is 7. The summed E-state index contributed by atoms with van der Waals surface area (Å²) < 4.78 is 11.4. The summed E-state index contributed by atoms with van der Waals surface area (Å²) in [6.45, 7) is 4.61. The standard InChI is InChI=1S/C27H23ClN2O5/c1-3-34-24-13-8-20(28)14-19(24)15-23-25(31)29-27(33)30(26(23)32)21-9-11-22(12-10-21)35-16-18-6-4-17(2)5-7-18/h4-15H,3,16H2,1-2H3,(H,29,31,33)/b23-15+. The summed E-state index contributed by atoms with van der Waals surface area (Å²) in [4.78, 5) is 39.1. The lowest BCUT2D eigenvalue weighted by molar-refractivity contribution is -0.122. The molecule has 0 aliphatic carbocycles. The number of amides is 4. The van der Waals surface area contributed by atoms with Gasteiger partial charge in [0.1, 0.15) is 23.7 Å². The normalized spacial score (nSPS) is 14.8. The molecular weight excluding hydrogens is 468 g/mol. The first-order valence-corrected chi connectivity index (χ1v) is 11.4. The summed E-state index contributed by atoms with van der Waals surface area (Å²) >= 11 is 6.09. The van der Waals surface area contributed by atoms with Gasteiger partial charge in [-0.3, -0.25) is 14.9 Å². The first kappa shape index (κ1) is 24.0. The number of nitrogens with zero attached hydrogens (tertiary/aromatic N) is 1. The third-order valence-corrected chi connectivity index (χ3v) is 5.53. The van der Waals surface area contributed by atoms with Crippen molar-refractivity contribution in [2.24, 2.45) is 0 Å². The number of imide groups is 2. The number of urea groups is 1. The van der Waals surface area contributed by atoms with Crippen LogP contribution in [0.1, 0.15) is 23.6 Å². The molecule has 0 spiro atoms. The minimum absolute atomic E-state index is 0.215. The van der Waals surface area contributed by atoms with E-state index < -0.39 is 17.8 Å². The molecule has 1 aliphatic heterocycles. The summed E-state index contributed by atoms with van der Waals surface area (Å²) in [5.74, 6) is -0.513. The highest BCUT2D eigenvalue weighted by Crippen LogP contribution is 2.28. The third-order valence-electron chi connectivity index (χ3n) is 5.29. The van der Waals surface area contributed by atoms with Crippen LogP contribution in [0.15, 0.2) is 72.3 Å². The number of carbonyl (C=O) groups is 3. The number of carbonyl (C=O) groups excluding carboxylic acids is 3. The number of anilines is 1. The fraction of sp³-hybridized carbons (Fsp3) is 0.148. The maximum Gasteiger partial charge on any atom is 0.335 e. The van der Waals surface area contributed by atoms with Gasteiger partial charge in [-0.05, 0) is 68.0 Å². The second-order valence-corrected chi connectivity index (χ2v) is 8.28. The first-order valence-electron chi connectivity index (χ1n) is 11.0. The summed E-state index contributed by atoms with van der Waals surface area (Å²) in [5.41, 5.74) is 2.72. The van der Waals surface area contributed by atoms with Gasteiger partial charge in [-0.1, -0.05) is 41.4 Å². The van der Waals surface area contributed by atoms with E-state index in [0.29, 0.717) is 41.0 Å². The van der Waals surface area contributed by atoms with Crippen molar-refractivity contribution in [1.82, 2.24) is 5.32 Å². The number of halogens is 1. The van der Waals surface area contributed by atoms with Crippen LogP contribution in [0.3, 0.4) is 0 Å². The lowest BCUT2D eigenvalue weighted by Crippen LogP contribution is -2.54. The van der Waals surface area contributed by atoms with Crippen LogP contribution in [0, 0.1) is 6.92 Å². The summed E-state index contributed by atoms with van der Waals surface area (Å²) in [7, 11) is 0. The van der Waals surface area contributed by atoms with Crippen LogP contribution in [0.4, 0.5) is 10.5 Å². The molecule has 3 aromatic rings. The van der Waals surface area contributed by atoms with E-state index in [1.165, 1.54) is 11.6 Å². The van der Waals surface area contributed by atoms with Gasteiger partial charge in [-0.25, -0.2) is 9.69 Å². The fourth-order valence-corrected chi connectivity index (χ4v) is 3.69. The SMILES string of the molecule is CCOc1ccc(Cl)cc1/C=C1\C(=O)NC(=O)N(c2ccc(OCc3ccc(C)cc3)cc2)C1=O. The third kappa shape index (κ3) is 5.53. The molecule has 1 fully saturated rings. The number of hydrogen-bond donors (Lipinski definition) is 1. The van der Waals surface area contributed by atoms with Crippen molar-refractivity contribution in [3.8, 4) is 11.5 Å². The Balaban J connectivity index is 1.56. The Bertz CT molecular complexity index is 1300. The van der Waals surface area contributed by atoms with Crippen molar-refractivity contribution < 1.29 is 23.9 Å². The van der Waals surface area contributed by atoms with Gasteiger partial charge < -0.3 is 9.47 Å². The van der Waals surface area contributed by atoms with E-state index in [9.17, 15) is 14.4 Å². The Morgan fingerprint density at radius 2 is 1.66 bits per heavy atom. The Morgan fingerprint density at radius 1 is 0.943 bits per heavy atom. The van der Waals surface area contributed by atoms with Gasteiger partial charge in [-0.2, -0.15) is 0 Å². The van der Waals surface area contributed by atoms with Gasteiger partial charge >= 0.3 is 6.03 Å². The lowest BCUT2D eigenvalue weighted by Gasteiger charge is -2.26. The molecule has 7 nitrogen and oxygen atoms in total. The van der Waals surface area contributed by atoms with Gasteiger partial charge in [0.05, 0.1) is 12.3 Å². The van der Waals surface area contributed by atoms with E-state index in [0.717, 1.165) is 10.5 Å². The smallest absolute Gasteiger partial charge is 0.335 e. The Morgan fingerprint density at radius 3 is 2.34 bits per heavy atom. The average Bonchev–Trinajstić information content (AvgIpc) is 2.84. The molecule has 4 amide bonds. The minimum atomic E-state index is -0.832. The molecule has 0 saturated carbocycles. The number of nitrogens with one attached hydrogen (secondary N) is 1. The van der Waals surface area contributed by atoms with Crippen LogP contribution in [0.25, 0.3) is 6.08 Å². The van der Waals surface area contributed by atoms with E-state index in [4.69, 9.17) is 21.1 Å². The molecular formula is C27H23ClN2O5. The average molecular weight is 491 g/mol. The predicted octanol–water partition coefficient (Wildman–Crippen LogP) is 5.29. The second-order valence-electron chi connectivity index (χ2n) is 7.84. The van der Waals surface area contributed by atoms with E-state index in [1.54, 1.807) is 42.5 Å². The summed E-state index contributed by atoms with van der Waals surface area (Å²) in [5, 5.41) is 2.63. The highest BCUT2D eigenvalue weighted by Gasteiger charge is 2.37. The molecule has 3 aromatic carbocycles. The number of benzene rings is 3. The van der Waals surface area contributed by atoms with Gasteiger partial charge in [0.15, 0.2) is 0 Å². The van der Waals surface area contributed by atoms with Gasteiger partial charge in [0.25, 0.3) is 11.8 Å². The molecule has 0 radical (unpaired) electrons. The second kappa shape index (κ2) is 10.4.